The minimum Gasteiger partial charge on any atom is -0.395 e. The standard InChI is InChI=1S/C17H15FN2O/c18-14-3-1-2-13(8-14)11-4-6-12(7-5-11)17-15(9-19)20-16(17)10-21/h1-8,15-17,20-21H,10H2/t15-,16-,17+/m1/s1. The Kier molecular flexibility index (Phi) is 3.70. The lowest BCUT2D eigenvalue weighted by Gasteiger charge is -2.41. The second-order valence-corrected chi connectivity index (χ2v) is 5.22. The number of nitriles is 1. The zero-order valence-corrected chi connectivity index (χ0v) is 11.3. The van der Waals surface area contributed by atoms with Crippen LogP contribution >= 0.6 is 0 Å². The molecule has 0 bridgehead atoms. The molecule has 1 fully saturated rings. The molecule has 1 aliphatic heterocycles. The highest BCUT2D eigenvalue weighted by Crippen LogP contribution is 2.33. The van der Waals surface area contributed by atoms with Crippen LogP contribution < -0.4 is 5.32 Å². The molecule has 106 valence electrons. The van der Waals surface area contributed by atoms with E-state index < -0.39 is 0 Å². The predicted molar refractivity (Wildman–Crippen MR) is 78.0 cm³/mol. The molecule has 1 aliphatic rings. The topological polar surface area (TPSA) is 56.0 Å². The zero-order valence-electron chi connectivity index (χ0n) is 11.3. The van der Waals surface area contributed by atoms with Gasteiger partial charge in [0.1, 0.15) is 11.9 Å². The van der Waals surface area contributed by atoms with Crippen LogP contribution in [-0.2, 0) is 0 Å². The number of hydrogen-bond acceptors (Lipinski definition) is 3. The van der Waals surface area contributed by atoms with Crippen LogP contribution in [0, 0.1) is 17.1 Å². The highest BCUT2D eigenvalue weighted by molar-refractivity contribution is 5.63. The molecule has 21 heavy (non-hydrogen) atoms. The van der Waals surface area contributed by atoms with Crippen LogP contribution in [0.4, 0.5) is 4.39 Å². The molecule has 3 nitrogen and oxygen atoms in total. The Morgan fingerprint density at radius 2 is 1.90 bits per heavy atom. The fraction of sp³-hybridized carbons (Fsp3) is 0.235. The van der Waals surface area contributed by atoms with Gasteiger partial charge < -0.3 is 5.11 Å². The van der Waals surface area contributed by atoms with Crippen LogP contribution in [-0.4, -0.2) is 23.8 Å². The molecular weight excluding hydrogens is 267 g/mol. The normalized spacial score (nSPS) is 24.1. The summed E-state index contributed by atoms with van der Waals surface area (Å²) < 4.78 is 13.2. The fourth-order valence-electron chi connectivity index (χ4n) is 2.83. The molecule has 0 aliphatic carbocycles. The average Bonchev–Trinajstić information content (AvgIpc) is 2.48. The molecule has 2 N–H and O–H groups in total. The van der Waals surface area contributed by atoms with Crippen molar-refractivity contribution in [3.63, 3.8) is 0 Å². The van der Waals surface area contributed by atoms with Crippen molar-refractivity contribution in [1.29, 1.82) is 5.26 Å². The van der Waals surface area contributed by atoms with E-state index in [9.17, 15) is 9.50 Å². The highest BCUT2D eigenvalue weighted by Gasteiger charge is 2.41. The molecule has 2 aromatic carbocycles. The Bertz CT molecular complexity index is 678. The van der Waals surface area contributed by atoms with Gasteiger partial charge in [0, 0.05) is 12.0 Å². The van der Waals surface area contributed by atoms with Gasteiger partial charge in [-0.05, 0) is 28.8 Å². The number of hydrogen-bond donors (Lipinski definition) is 2. The van der Waals surface area contributed by atoms with E-state index in [1.165, 1.54) is 12.1 Å². The van der Waals surface area contributed by atoms with Crippen LogP contribution in [0.15, 0.2) is 48.5 Å². The molecule has 1 heterocycles. The second-order valence-electron chi connectivity index (χ2n) is 5.22. The number of benzene rings is 2. The van der Waals surface area contributed by atoms with Crippen LogP contribution in [0.2, 0.25) is 0 Å². The summed E-state index contributed by atoms with van der Waals surface area (Å²) in [5.74, 6) is -0.258. The van der Waals surface area contributed by atoms with Crippen molar-refractivity contribution in [2.75, 3.05) is 6.61 Å². The summed E-state index contributed by atoms with van der Waals surface area (Å²) in [6, 6.07) is 16.0. The summed E-state index contributed by atoms with van der Waals surface area (Å²) in [6.07, 6.45) is 0. The molecule has 0 unspecified atom stereocenters. The predicted octanol–water partition coefficient (Wildman–Crippen LogP) is 2.43. The Hall–Kier alpha value is -2.22. The number of rotatable bonds is 3. The number of halogens is 1. The highest BCUT2D eigenvalue weighted by atomic mass is 19.1. The smallest absolute Gasteiger partial charge is 0.123 e. The number of nitrogens with one attached hydrogen (secondary N) is 1. The summed E-state index contributed by atoms with van der Waals surface area (Å²) in [4.78, 5) is 0. The van der Waals surface area contributed by atoms with E-state index in [1.807, 2.05) is 30.3 Å². The van der Waals surface area contributed by atoms with Crippen molar-refractivity contribution in [2.24, 2.45) is 0 Å². The first-order valence-electron chi connectivity index (χ1n) is 6.85. The first-order chi connectivity index (χ1) is 10.2. The molecular formula is C17H15FN2O. The van der Waals surface area contributed by atoms with Crippen LogP contribution in [0.1, 0.15) is 11.5 Å². The molecule has 0 saturated carbocycles. The maximum Gasteiger partial charge on any atom is 0.123 e. The lowest BCUT2D eigenvalue weighted by atomic mass is 9.78. The largest absolute Gasteiger partial charge is 0.395 e. The maximum atomic E-state index is 13.2. The van der Waals surface area contributed by atoms with Gasteiger partial charge in [-0.1, -0.05) is 36.4 Å². The van der Waals surface area contributed by atoms with E-state index in [1.54, 1.807) is 6.07 Å². The first kappa shape index (κ1) is 13.7. The van der Waals surface area contributed by atoms with Crippen molar-refractivity contribution in [3.05, 3.63) is 59.9 Å². The average molecular weight is 282 g/mol. The third-order valence-electron chi connectivity index (χ3n) is 3.98. The number of aliphatic hydroxyl groups is 1. The van der Waals surface area contributed by atoms with E-state index in [0.29, 0.717) is 0 Å². The van der Waals surface area contributed by atoms with E-state index in [0.717, 1.165) is 16.7 Å². The Labute approximate surface area is 122 Å². The first-order valence-corrected chi connectivity index (χ1v) is 6.85. The van der Waals surface area contributed by atoms with Gasteiger partial charge in [-0.2, -0.15) is 5.26 Å². The third-order valence-corrected chi connectivity index (χ3v) is 3.98. The van der Waals surface area contributed by atoms with Crippen LogP contribution in [0.3, 0.4) is 0 Å². The molecule has 0 spiro atoms. The Balaban J connectivity index is 1.86. The summed E-state index contributed by atoms with van der Waals surface area (Å²) >= 11 is 0. The summed E-state index contributed by atoms with van der Waals surface area (Å²) in [6.45, 7) is 0.00843. The minimum absolute atomic E-state index is 0.00144. The van der Waals surface area contributed by atoms with E-state index >= 15 is 0 Å². The number of nitrogens with zero attached hydrogens (tertiary/aromatic N) is 1. The van der Waals surface area contributed by atoms with E-state index in [4.69, 9.17) is 5.26 Å². The lowest BCUT2D eigenvalue weighted by molar-refractivity contribution is 0.151. The SMILES string of the molecule is N#C[C@H]1N[C@H](CO)[C@H]1c1ccc(-c2cccc(F)c2)cc1. The van der Waals surface area contributed by atoms with E-state index in [-0.39, 0.29) is 30.4 Å². The van der Waals surface area contributed by atoms with Crippen molar-refractivity contribution in [3.8, 4) is 17.2 Å². The molecule has 4 heteroatoms. The van der Waals surface area contributed by atoms with Crippen molar-refractivity contribution in [2.45, 2.75) is 18.0 Å². The zero-order chi connectivity index (χ0) is 14.8. The third kappa shape index (κ3) is 2.54. The van der Waals surface area contributed by atoms with Crippen molar-refractivity contribution in [1.82, 2.24) is 5.32 Å². The van der Waals surface area contributed by atoms with Crippen molar-refractivity contribution < 1.29 is 9.50 Å². The van der Waals surface area contributed by atoms with Crippen molar-refractivity contribution >= 4 is 0 Å². The van der Waals surface area contributed by atoms with Gasteiger partial charge in [0.25, 0.3) is 0 Å². The van der Waals surface area contributed by atoms with E-state index in [2.05, 4.69) is 11.4 Å². The van der Waals surface area contributed by atoms with Gasteiger partial charge in [-0.15, -0.1) is 0 Å². The van der Waals surface area contributed by atoms with Gasteiger partial charge >= 0.3 is 0 Å². The summed E-state index contributed by atoms with van der Waals surface area (Å²) in [5, 5.41) is 21.4. The Morgan fingerprint density at radius 3 is 2.52 bits per heavy atom. The molecule has 3 atom stereocenters. The molecule has 1 saturated heterocycles. The second kappa shape index (κ2) is 5.65. The quantitative estimate of drug-likeness (QED) is 0.909. The molecule has 0 aromatic heterocycles. The lowest BCUT2D eigenvalue weighted by Crippen LogP contribution is -2.60. The van der Waals surface area contributed by atoms with Gasteiger partial charge in [0.05, 0.1) is 12.7 Å². The monoisotopic (exact) mass is 282 g/mol. The Morgan fingerprint density at radius 1 is 1.14 bits per heavy atom. The van der Waals surface area contributed by atoms with Gasteiger partial charge in [-0.3, -0.25) is 5.32 Å². The summed E-state index contributed by atoms with van der Waals surface area (Å²) in [7, 11) is 0. The minimum atomic E-state index is -0.262. The molecule has 0 amide bonds. The summed E-state index contributed by atoms with van der Waals surface area (Å²) in [5.41, 5.74) is 2.77. The molecule has 3 rings (SSSR count). The maximum absolute atomic E-state index is 13.2. The van der Waals surface area contributed by atoms with Gasteiger partial charge in [-0.25, -0.2) is 4.39 Å². The van der Waals surface area contributed by atoms with Crippen LogP contribution in [0.25, 0.3) is 11.1 Å². The number of aliphatic hydroxyl groups excluding tert-OH is 1. The van der Waals surface area contributed by atoms with Crippen LogP contribution in [0.5, 0.6) is 0 Å². The van der Waals surface area contributed by atoms with Gasteiger partial charge in [0.15, 0.2) is 0 Å². The molecule has 0 radical (unpaired) electrons. The molecule has 2 aromatic rings. The fourth-order valence-corrected chi connectivity index (χ4v) is 2.83. The van der Waals surface area contributed by atoms with Gasteiger partial charge in [0.2, 0.25) is 0 Å².